The summed E-state index contributed by atoms with van der Waals surface area (Å²) in [5.74, 6) is 1.05. The number of nitriles is 1. The monoisotopic (exact) mass is 548 g/mol. The van der Waals surface area contributed by atoms with E-state index < -0.39 is 5.41 Å². The summed E-state index contributed by atoms with van der Waals surface area (Å²) in [5, 5.41) is 14.8. The summed E-state index contributed by atoms with van der Waals surface area (Å²) in [7, 11) is 0. The van der Waals surface area contributed by atoms with Crippen molar-refractivity contribution in [3.8, 4) is 11.8 Å². The predicted octanol–water partition coefficient (Wildman–Crippen LogP) is 6.44. The third-order valence-corrected chi connectivity index (χ3v) is 6.01. The smallest absolute Gasteiger partial charge is 0.282 e. The minimum absolute atomic E-state index is 0.199. The first-order valence-electron chi connectivity index (χ1n) is 10.8. The average Bonchev–Trinajstić information content (AvgIpc) is 2.82. The Bertz CT molecular complexity index is 1550. The number of fused-ring (bicyclic) bond motifs is 1. The van der Waals surface area contributed by atoms with Gasteiger partial charge in [-0.2, -0.15) is 15.0 Å². The molecule has 35 heavy (non-hydrogen) atoms. The summed E-state index contributed by atoms with van der Waals surface area (Å²) in [6.07, 6.45) is 1.54. The molecule has 0 spiro atoms. The van der Waals surface area contributed by atoms with Crippen LogP contribution in [-0.4, -0.2) is 15.9 Å². The second-order valence-electron chi connectivity index (χ2n) is 8.95. The fourth-order valence-corrected chi connectivity index (χ4v) is 4.07. The van der Waals surface area contributed by atoms with E-state index in [1.807, 2.05) is 51.1 Å². The molecule has 0 saturated heterocycles. The Morgan fingerprint density at radius 1 is 1.17 bits per heavy atom. The molecule has 0 unspecified atom stereocenters. The molecule has 6 nitrogen and oxygen atoms in total. The minimum atomic E-state index is -0.438. The lowest BCUT2D eigenvalue weighted by atomic mass is 9.95. The molecule has 0 saturated carbocycles. The Hall–Kier alpha value is -3.47. The van der Waals surface area contributed by atoms with Gasteiger partial charge in [0.1, 0.15) is 18.2 Å². The Morgan fingerprint density at radius 2 is 1.94 bits per heavy atom. The summed E-state index contributed by atoms with van der Waals surface area (Å²) in [5.41, 5.74) is 1.80. The zero-order chi connectivity index (χ0) is 25.2. The first-order chi connectivity index (χ1) is 16.7. The first-order valence-corrected chi connectivity index (χ1v) is 12.0. The largest absolute Gasteiger partial charge is 0.488 e. The van der Waals surface area contributed by atoms with Crippen molar-refractivity contribution in [2.75, 3.05) is 0 Å². The lowest BCUT2D eigenvalue weighted by molar-refractivity contribution is 0.305. The van der Waals surface area contributed by atoms with E-state index in [4.69, 9.17) is 21.3 Å². The average molecular weight is 550 g/mol. The van der Waals surface area contributed by atoms with Crippen LogP contribution in [-0.2, 0) is 12.0 Å². The van der Waals surface area contributed by atoms with Gasteiger partial charge in [0.15, 0.2) is 0 Å². The number of aromatic nitrogens is 2. The fraction of sp³-hybridized carbons (Fsp3) is 0.185. The van der Waals surface area contributed by atoms with E-state index in [0.717, 1.165) is 10.0 Å². The molecule has 0 N–H and O–H groups in total. The van der Waals surface area contributed by atoms with Gasteiger partial charge in [-0.1, -0.05) is 66.5 Å². The summed E-state index contributed by atoms with van der Waals surface area (Å²) < 4.78 is 8.12. The van der Waals surface area contributed by atoms with Crippen LogP contribution in [0.1, 0.15) is 43.3 Å². The van der Waals surface area contributed by atoms with Crippen LogP contribution in [0.25, 0.3) is 10.9 Å². The Morgan fingerprint density at radius 3 is 2.69 bits per heavy atom. The van der Waals surface area contributed by atoms with Gasteiger partial charge in [-0.15, -0.1) is 0 Å². The molecule has 1 aromatic heterocycles. The van der Waals surface area contributed by atoms with Crippen molar-refractivity contribution in [3.63, 3.8) is 0 Å². The van der Waals surface area contributed by atoms with Crippen molar-refractivity contribution in [3.05, 3.63) is 103 Å². The molecular formula is C27H22BrClN4O2. The van der Waals surface area contributed by atoms with Crippen molar-refractivity contribution >= 4 is 44.6 Å². The van der Waals surface area contributed by atoms with Gasteiger partial charge in [0, 0.05) is 26.0 Å². The fourth-order valence-electron chi connectivity index (χ4n) is 3.52. The molecule has 3 aromatic carbocycles. The van der Waals surface area contributed by atoms with Crippen LogP contribution >= 0.6 is 27.5 Å². The molecule has 0 bridgehead atoms. The number of rotatable bonds is 5. The molecule has 0 amide bonds. The number of benzene rings is 3. The molecule has 1 heterocycles. The van der Waals surface area contributed by atoms with E-state index in [0.29, 0.717) is 38.6 Å². The van der Waals surface area contributed by atoms with Crippen LogP contribution in [0.5, 0.6) is 5.75 Å². The molecule has 0 atom stereocenters. The van der Waals surface area contributed by atoms with E-state index in [9.17, 15) is 10.1 Å². The second kappa shape index (κ2) is 10.0. The number of nitrogens with zero attached hydrogens (tertiary/aromatic N) is 4. The molecule has 4 aromatic rings. The standard InChI is InChI=1S/C27H22BrClN4O2/c1-27(2,3)26-32-23-10-8-20(28)13-22(23)25(34)33(26)31-15-19-12-21(29)9-11-24(19)35-16-18-7-5-4-6-17(18)14-30/h4-13,15H,16H2,1-3H3. The normalized spacial score (nSPS) is 11.7. The maximum absolute atomic E-state index is 13.4. The highest BCUT2D eigenvalue weighted by atomic mass is 79.9. The predicted molar refractivity (Wildman–Crippen MR) is 142 cm³/mol. The topological polar surface area (TPSA) is 80.3 Å². The SMILES string of the molecule is CC(C)(C)c1nc2ccc(Br)cc2c(=O)n1N=Cc1cc(Cl)ccc1OCc1ccccc1C#N. The third-order valence-electron chi connectivity index (χ3n) is 5.28. The quantitative estimate of drug-likeness (QED) is 0.268. The Kier molecular flexibility index (Phi) is 7.06. The third kappa shape index (κ3) is 5.45. The van der Waals surface area contributed by atoms with Crippen LogP contribution < -0.4 is 10.3 Å². The molecule has 0 aliphatic carbocycles. The number of halogens is 2. The Labute approximate surface area is 216 Å². The molecule has 0 aliphatic rings. The van der Waals surface area contributed by atoms with Gasteiger partial charge >= 0.3 is 0 Å². The second-order valence-corrected chi connectivity index (χ2v) is 10.3. The maximum atomic E-state index is 13.4. The zero-order valence-corrected chi connectivity index (χ0v) is 21.8. The van der Waals surface area contributed by atoms with Crippen molar-refractivity contribution in [1.29, 1.82) is 5.26 Å². The van der Waals surface area contributed by atoms with Gasteiger partial charge in [0.05, 0.1) is 28.8 Å². The lowest BCUT2D eigenvalue weighted by Crippen LogP contribution is -2.29. The molecule has 176 valence electrons. The van der Waals surface area contributed by atoms with Crippen LogP contribution in [0.15, 0.2) is 75.0 Å². The lowest BCUT2D eigenvalue weighted by Gasteiger charge is -2.21. The van der Waals surface area contributed by atoms with Crippen molar-refractivity contribution in [2.45, 2.75) is 32.8 Å². The number of hydrogen-bond donors (Lipinski definition) is 0. The van der Waals surface area contributed by atoms with E-state index in [-0.39, 0.29) is 12.2 Å². The zero-order valence-electron chi connectivity index (χ0n) is 19.4. The van der Waals surface area contributed by atoms with Crippen LogP contribution in [0.3, 0.4) is 0 Å². The summed E-state index contributed by atoms with van der Waals surface area (Å²) in [6.45, 7) is 6.13. The van der Waals surface area contributed by atoms with E-state index >= 15 is 0 Å². The molecule has 0 radical (unpaired) electrons. The number of ether oxygens (including phenoxy) is 1. The van der Waals surface area contributed by atoms with Gasteiger partial charge in [0.25, 0.3) is 5.56 Å². The van der Waals surface area contributed by atoms with Gasteiger partial charge in [-0.3, -0.25) is 4.79 Å². The first kappa shape index (κ1) is 24.6. The van der Waals surface area contributed by atoms with Crippen molar-refractivity contribution in [2.24, 2.45) is 5.10 Å². The summed E-state index contributed by atoms with van der Waals surface area (Å²) >= 11 is 9.67. The van der Waals surface area contributed by atoms with E-state index in [1.54, 1.807) is 36.5 Å². The summed E-state index contributed by atoms with van der Waals surface area (Å²) in [6, 6.07) is 20.0. The highest BCUT2D eigenvalue weighted by Crippen LogP contribution is 2.25. The highest BCUT2D eigenvalue weighted by molar-refractivity contribution is 9.10. The van der Waals surface area contributed by atoms with Gasteiger partial charge < -0.3 is 4.74 Å². The van der Waals surface area contributed by atoms with Gasteiger partial charge in [-0.25, -0.2) is 4.98 Å². The van der Waals surface area contributed by atoms with Crippen LogP contribution in [0.4, 0.5) is 0 Å². The van der Waals surface area contributed by atoms with Gasteiger partial charge in [0.2, 0.25) is 0 Å². The molecule has 4 rings (SSSR count). The van der Waals surface area contributed by atoms with E-state index in [2.05, 4.69) is 27.1 Å². The minimum Gasteiger partial charge on any atom is -0.488 e. The van der Waals surface area contributed by atoms with Crippen LogP contribution in [0, 0.1) is 11.3 Å². The van der Waals surface area contributed by atoms with Gasteiger partial charge in [-0.05, 0) is 42.5 Å². The van der Waals surface area contributed by atoms with Crippen LogP contribution in [0.2, 0.25) is 5.02 Å². The highest BCUT2D eigenvalue weighted by Gasteiger charge is 2.23. The molecular weight excluding hydrogens is 528 g/mol. The molecule has 0 fully saturated rings. The maximum Gasteiger partial charge on any atom is 0.282 e. The molecule has 8 heteroatoms. The number of hydrogen-bond acceptors (Lipinski definition) is 5. The van der Waals surface area contributed by atoms with E-state index in [1.165, 1.54) is 4.68 Å². The molecule has 0 aliphatic heterocycles. The van der Waals surface area contributed by atoms with Crippen molar-refractivity contribution in [1.82, 2.24) is 9.66 Å². The van der Waals surface area contributed by atoms with Crippen molar-refractivity contribution < 1.29 is 4.74 Å². The Balaban J connectivity index is 1.77. The summed E-state index contributed by atoms with van der Waals surface area (Å²) in [4.78, 5) is 18.1.